The smallest absolute Gasteiger partial charge is 0.277 e. The van der Waals surface area contributed by atoms with Gasteiger partial charge in [-0.1, -0.05) is 24.8 Å². The lowest BCUT2D eigenvalue weighted by atomic mass is 9.90. The first-order valence-electron chi connectivity index (χ1n) is 10.8. The van der Waals surface area contributed by atoms with Crippen LogP contribution in [0.5, 0.6) is 11.5 Å². The maximum atomic E-state index is 12.6. The summed E-state index contributed by atoms with van der Waals surface area (Å²) in [6.07, 6.45) is 3.48. The number of amides is 1. The summed E-state index contributed by atoms with van der Waals surface area (Å²) in [6, 6.07) is 7.96. The van der Waals surface area contributed by atoms with E-state index in [1.165, 1.54) is 28.6 Å². The number of benzene rings is 1. The molecule has 5 rings (SSSR count). The zero-order chi connectivity index (χ0) is 22.1. The van der Waals surface area contributed by atoms with Gasteiger partial charge in [0.1, 0.15) is 13.2 Å². The molecule has 0 spiro atoms. The molecule has 1 aliphatic carbocycles. The number of nitrogens with zero attached hydrogens (tertiary/aromatic N) is 3. The van der Waals surface area contributed by atoms with Crippen molar-refractivity contribution >= 4 is 29.0 Å². The second-order valence-corrected chi connectivity index (χ2v) is 10.4. The Hall–Kier alpha value is -2.52. The van der Waals surface area contributed by atoms with E-state index in [1.807, 2.05) is 18.2 Å². The molecule has 2 aromatic heterocycles. The van der Waals surface area contributed by atoms with Gasteiger partial charge >= 0.3 is 0 Å². The summed E-state index contributed by atoms with van der Waals surface area (Å²) in [5.74, 6) is 2.97. The Morgan fingerprint density at radius 2 is 2.06 bits per heavy atom. The molecule has 1 aromatic carbocycles. The standard InChI is InChI=1S/C23H25N3O4S2/c1-14-3-6-19-16(9-14)11-20(32-19)22-24-25-23(30-22)31-13-21(27)26(2)12-15-4-5-17-18(10-15)29-8-7-28-17/h4-5,10-11,14H,3,6-9,12-13H2,1-2H3. The number of ether oxygens (including phenoxy) is 2. The van der Waals surface area contributed by atoms with Crippen LogP contribution in [0.25, 0.3) is 10.8 Å². The number of hydrogen-bond acceptors (Lipinski definition) is 8. The minimum absolute atomic E-state index is 0.00906. The van der Waals surface area contributed by atoms with E-state index in [2.05, 4.69) is 23.2 Å². The fraction of sp³-hybridized carbons (Fsp3) is 0.435. The molecule has 1 atom stereocenters. The van der Waals surface area contributed by atoms with Crippen molar-refractivity contribution < 1.29 is 18.7 Å². The Labute approximate surface area is 195 Å². The lowest BCUT2D eigenvalue weighted by Crippen LogP contribution is -2.27. The van der Waals surface area contributed by atoms with Gasteiger partial charge < -0.3 is 18.8 Å². The molecule has 9 heteroatoms. The Kier molecular flexibility index (Phi) is 6.10. The fourth-order valence-corrected chi connectivity index (χ4v) is 5.79. The summed E-state index contributed by atoms with van der Waals surface area (Å²) >= 11 is 3.01. The monoisotopic (exact) mass is 471 g/mol. The van der Waals surface area contributed by atoms with Crippen molar-refractivity contribution in [3.63, 3.8) is 0 Å². The van der Waals surface area contributed by atoms with Crippen LogP contribution in [0.3, 0.4) is 0 Å². The first-order valence-corrected chi connectivity index (χ1v) is 12.6. The molecule has 3 heterocycles. The quantitative estimate of drug-likeness (QED) is 0.492. The van der Waals surface area contributed by atoms with Gasteiger partial charge in [0.25, 0.3) is 11.1 Å². The summed E-state index contributed by atoms with van der Waals surface area (Å²) < 4.78 is 17.0. The van der Waals surface area contributed by atoms with Crippen molar-refractivity contribution in [2.75, 3.05) is 26.0 Å². The molecule has 0 N–H and O–H groups in total. The van der Waals surface area contributed by atoms with Crippen LogP contribution >= 0.6 is 23.1 Å². The largest absolute Gasteiger partial charge is 0.486 e. The Balaban J connectivity index is 1.16. The molecule has 0 saturated heterocycles. The molecule has 1 aliphatic heterocycles. The summed E-state index contributed by atoms with van der Waals surface area (Å²) in [5.41, 5.74) is 2.40. The van der Waals surface area contributed by atoms with Gasteiger partial charge in [-0.2, -0.15) is 0 Å². The van der Waals surface area contributed by atoms with E-state index < -0.39 is 0 Å². The van der Waals surface area contributed by atoms with E-state index in [4.69, 9.17) is 13.9 Å². The molecule has 0 bridgehead atoms. The molecule has 0 fully saturated rings. The fourth-order valence-electron chi connectivity index (χ4n) is 3.96. The van der Waals surface area contributed by atoms with E-state index in [1.54, 1.807) is 23.3 Å². The van der Waals surface area contributed by atoms with Crippen LogP contribution in [0.1, 0.15) is 29.3 Å². The lowest BCUT2D eigenvalue weighted by Gasteiger charge is -2.21. The highest BCUT2D eigenvalue weighted by molar-refractivity contribution is 7.99. The first-order chi connectivity index (χ1) is 15.5. The van der Waals surface area contributed by atoms with Crippen molar-refractivity contribution in [3.8, 4) is 22.3 Å². The van der Waals surface area contributed by atoms with Gasteiger partial charge in [0.15, 0.2) is 11.5 Å². The predicted octanol–water partition coefficient (Wildman–Crippen LogP) is 4.44. The number of rotatable bonds is 6. The van der Waals surface area contributed by atoms with Crippen LogP contribution in [-0.4, -0.2) is 47.0 Å². The van der Waals surface area contributed by atoms with Gasteiger partial charge in [-0.25, -0.2) is 0 Å². The topological polar surface area (TPSA) is 77.7 Å². The maximum Gasteiger partial charge on any atom is 0.277 e. The zero-order valence-electron chi connectivity index (χ0n) is 18.1. The average molecular weight is 472 g/mol. The van der Waals surface area contributed by atoms with Crippen molar-refractivity contribution in [1.29, 1.82) is 0 Å². The van der Waals surface area contributed by atoms with Crippen molar-refractivity contribution in [1.82, 2.24) is 15.1 Å². The molecular formula is C23H25N3O4S2. The predicted molar refractivity (Wildman–Crippen MR) is 123 cm³/mol. The van der Waals surface area contributed by atoms with Gasteiger partial charge in [0, 0.05) is 18.5 Å². The normalized spacial score (nSPS) is 17.1. The SMILES string of the molecule is CC1CCc2sc(-c3nnc(SCC(=O)N(C)Cc4ccc5c(c4)OCCO5)o3)cc2C1. The third kappa shape index (κ3) is 4.63. The minimum atomic E-state index is -0.00906. The van der Waals surface area contributed by atoms with Crippen LogP contribution in [0.15, 0.2) is 33.9 Å². The van der Waals surface area contributed by atoms with Crippen molar-refractivity contribution in [2.24, 2.45) is 5.92 Å². The number of hydrogen-bond donors (Lipinski definition) is 0. The number of thioether (sulfide) groups is 1. The third-order valence-corrected chi connectivity index (χ3v) is 7.75. The van der Waals surface area contributed by atoms with E-state index >= 15 is 0 Å². The maximum absolute atomic E-state index is 12.6. The second kappa shape index (κ2) is 9.15. The number of aromatic nitrogens is 2. The highest BCUT2D eigenvalue weighted by atomic mass is 32.2. The summed E-state index contributed by atoms with van der Waals surface area (Å²) in [7, 11) is 1.79. The van der Waals surface area contributed by atoms with E-state index in [-0.39, 0.29) is 11.7 Å². The molecule has 7 nitrogen and oxygen atoms in total. The number of aryl methyl sites for hydroxylation is 1. The molecule has 0 radical (unpaired) electrons. The summed E-state index contributed by atoms with van der Waals surface area (Å²) in [4.78, 5) is 16.7. The number of thiophene rings is 1. The van der Waals surface area contributed by atoms with Gasteiger partial charge in [0.2, 0.25) is 5.91 Å². The summed E-state index contributed by atoms with van der Waals surface area (Å²) in [5, 5.41) is 8.75. The van der Waals surface area contributed by atoms with Crippen LogP contribution in [0.4, 0.5) is 0 Å². The zero-order valence-corrected chi connectivity index (χ0v) is 19.8. The van der Waals surface area contributed by atoms with Crippen LogP contribution in [0, 0.1) is 5.92 Å². The minimum Gasteiger partial charge on any atom is -0.486 e. The Morgan fingerprint density at radius 1 is 1.22 bits per heavy atom. The Bertz CT molecular complexity index is 1130. The average Bonchev–Trinajstić information content (AvgIpc) is 3.44. The van der Waals surface area contributed by atoms with E-state index in [0.717, 1.165) is 40.7 Å². The summed E-state index contributed by atoms with van der Waals surface area (Å²) in [6.45, 7) is 3.89. The first kappa shape index (κ1) is 21.3. The number of carbonyl (C=O) groups is 1. The number of fused-ring (bicyclic) bond motifs is 2. The van der Waals surface area contributed by atoms with Gasteiger partial charge in [-0.05, 0) is 54.5 Å². The lowest BCUT2D eigenvalue weighted by molar-refractivity contribution is -0.127. The highest BCUT2D eigenvalue weighted by Crippen LogP contribution is 2.37. The van der Waals surface area contributed by atoms with E-state index in [9.17, 15) is 4.79 Å². The van der Waals surface area contributed by atoms with Crippen LogP contribution < -0.4 is 9.47 Å². The van der Waals surface area contributed by atoms with Crippen molar-refractivity contribution in [3.05, 3.63) is 40.3 Å². The van der Waals surface area contributed by atoms with Gasteiger partial charge in [-0.3, -0.25) is 4.79 Å². The highest BCUT2D eigenvalue weighted by Gasteiger charge is 2.21. The molecule has 168 valence electrons. The Morgan fingerprint density at radius 3 is 2.94 bits per heavy atom. The molecule has 1 unspecified atom stereocenters. The molecule has 32 heavy (non-hydrogen) atoms. The van der Waals surface area contributed by atoms with Crippen LogP contribution in [0.2, 0.25) is 0 Å². The van der Waals surface area contributed by atoms with Crippen molar-refractivity contribution in [2.45, 2.75) is 38.0 Å². The molecule has 2 aliphatic rings. The third-order valence-electron chi connectivity index (χ3n) is 5.72. The molecule has 1 amide bonds. The second-order valence-electron chi connectivity index (χ2n) is 8.30. The van der Waals surface area contributed by atoms with Gasteiger partial charge in [0.05, 0.1) is 10.6 Å². The molecular weight excluding hydrogens is 446 g/mol. The number of carbonyl (C=O) groups excluding carboxylic acids is 1. The van der Waals surface area contributed by atoms with E-state index in [0.29, 0.717) is 30.9 Å². The molecule has 0 saturated carbocycles. The van der Waals surface area contributed by atoms with Crippen LogP contribution in [-0.2, 0) is 24.2 Å². The van der Waals surface area contributed by atoms with Gasteiger partial charge in [-0.15, -0.1) is 21.5 Å². The molecule has 3 aromatic rings.